The van der Waals surface area contributed by atoms with Gasteiger partial charge in [-0.3, -0.25) is 4.68 Å². The Kier molecular flexibility index (Phi) is 3.55. The average Bonchev–Trinajstić information content (AvgIpc) is 3.06. The number of aryl methyl sites for hydroxylation is 4. The van der Waals surface area contributed by atoms with E-state index < -0.39 is 0 Å². The molecule has 0 aliphatic carbocycles. The Morgan fingerprint density at radius 1 is 1.24 bits per heavy atom. The summed E-state index contributed by atoms with van der Waals surface area (Å²) in [6.07, 6.45) is 4.25. The zero-order chi connectivity index (χ0) is 14.8. The highest BCUT2D eigenvalue weighted by Gasteiger charge is 2.10. The van der Waals surface area contributed by atoms with Gasteiger partial charge >= 0.3 is 0 Å². The first kappa shape index (κ1) is 13.5. The van der Waals surface area contributed by atoms with Crippen LogP contribution in [0.5, 0.6) is 0 Å². The van der Waals surface area contributed by atoms with Crippen molar-refractivity contribution in [1.82, 2.24) is 29.4 Å². The predicted octanol–water partition coefficient (Wildman–Crippen LogP) is 1.75. The zero-order valence-electron chi connectivity index (χ0n) is 12.5. The summed E-state index contributed by atoms with van der Waals surface area (Å²) in [6.45, 7) is 7.75. The van der Waals surface area contributed by atoms with E-state index in [9.17, 15) is 0 Å². The highest BCUT2D eigenvalue weighted by Crippen LogP contribution is 2.18. The van der Waals surface area contributed by atoms with Crippen LogP contribution in [0.2, 0.25) is 0 Å². The van der Waals surface area contributed by atoms with E-state index >= 15 is 0 Å². The molecule has 0 spiro atoms. The molecular weight excluding hydrogens is 266 g/mol. The van der Waals surface area contributed by atoms with E-state index in [2.05, 4.69) is 32.4 Å². The molecule has 0 aromatic carbocycles. The number of aromatic nitrogens is 6. The number of hydrogen-bond donors (Lipinski definition) is 1. The van der Waals surface area contributed by atoms with E-state index in [0.717, 1.165) is 47.9 Å². The standard InChI is InChI=1S/C14H19N7/c1-10-7-13(16-5-4-6-20-9-15-8-17-20)21-14(18-10)11(2)12(3)19-21/h7-9,16H,4-6H2,1-3H3. The third kappa shape index (κ3) is 2.72. The van der Waals surface area contributed by atoms with E-state index in [0.29, 0.717) is 0 Å². The minimum absolute atomic E-state index is 0.844. The van der Waals surface area contributed by atoms with Gasteiger partial charge in [0, 0.05) is 30.4 Å². The minimum Gasteiger partial charge on any atom is -0.370 e. The second-order valence-electron chi connectivity index (χ2n) is 5.17. The van der Waals surface area contributed by atoms with Crippen molar-refractivity contribution in [3.05, 3.63) is 35.7 Å². The monoisotopic (exact) mass is 285 g/mol. The van der Waals surface area contributed by atoms with Crippen LogP contribution >= 0.6 is 0 Å². The molecule has 3 aromatic heterocycles. The molecule has 3 aromatic rings. The lowest BCUT2D eigenvalue weighted by Gasteiger charge is -2.09. The molecule has 0 bridgehead atoms. The lowest BCUT2D eigenvalue weighted by atomic mass is 10.3. The van der Waals surface area contributed by atoms with Gasteiger partial charge in [0.1, 0.15) is 18.5 Å². The Labute approximate surface area is 123 Å². The van der Waals surface area contributed by atoms with Crippen LogP contribution in [0.15, 0.2) is 18.7 Å². The molecule has 1 N–H and O–H groups in total. The summed E-state index contributed by atoms with van der Waals surface area (Å²) >= 11 is 0. The highest BCUT2D eigenvalue weighted by atomic mass is 15.3. The van der Waals surface area contributed by atoms with E-state index in [-0.39, 0.29) is 0 Å². The quantitative estimate of drug-likeness (QED) is 0.723. The summed E-state index contributed by atoms with van der Waals surface area (Å²) in [5, 5.41) is 12.1. The molecule has 0 amide bonds. The molecule has 3 heterocycles. The van der Waals surface area contributed by atoms with Gasteiger partial charge in [0.05, 0.1) is 5.69 Å². The first-order chi connectivity index (χ1) is 10.1. The van der Waals surface area contributed by atoms with Crippen molar-refractivity contribution in [2.75, 3.05) is 11.9 Å². The Morgan fingerprint density at radius 3 is 2.86 bits per heavy atom. The van der Waals surface area contributed by atoms with Crippen LogP contribution in [0.3, 0.4) is 0 Å². The van der Waals surface area contributed by atoms with Crippen LogP contribution in [-0.2, 0) is 6.54 Å². The Bertz CT molecular complexity index is 742. The van der Waals surface area contributed by atoms with Crippen molar-refractivity contribution < 1.29 is 0 Å². The maximum Gasteiger partial charge on any atom is 0.160 e. The topological polar surface area (TPSA) is 72.9 Å². The molecule has 0 saturated carbocycles. The second kappa shape index (κ2) is 5.51. The molecule has 21 heavy (non-hydrogen) atoms. The van der Waals surface area contributed by atoms with Crippen LogP contribution in [0, 0.1) is 20.8 Å². The molecule has 0 radical (unpaired) electrons. The summed E-state index contributed by atoms with van der Waals surface area (Å²) in [4.78, 5) is 8.50. The average molecular weight is 285 g/mol. The molecule has 0 aliphatic rings. The first-order valence-electron chi connectivity index (χ1n) is 7.05. The smallest absolute Gasteiger partial charge is 0.160 e. The molecule has 0 atom stereocenters. The Hall–Kier alpha value is -2.44. The fraction of sp³-hybridized carbons (Fsp3) is 0.429. The van der Waals surface area contributed by atoms with E-state index in [1.54, 1.807) is 12.7 Å². The third-order valence-corrected chi connectivity index (χ3v) is 3.52. The second-order valence-corrected chi connectivity index (χ2v) is 5.17. The minimum atomic E-state index is 0.844. The molecule has 0 aliphatic heterocycles. The molecular formula is C14H19N7. The molecule has 7 heteroatoms. The third-order valence-electron chi connectivity index (χ3n) is 3.52. The fourth-order valence-electron chi connectivity index (χ4n) is 2.28. The van der Waals surface area contributed by atoms with Crippen molar-refractivity contribution in [3.8, 4) is 0 Å². The van der Waals surface area contributed by atoms with Crippen LogP contribution in [0.1, 0.15) is 23.4 Å². The Balaban J connectivity index is 1.73. The van der Waals surface area contributed by atoms with Gasteiger partial charge in [0.2, 0.25) is 0 Å². The van der Waals surface area contributed by atoms with E-state index in [4.69, 9.17) is 0 Å². The van der Waals surface area contributed by atoms with Crippen molar-refractivity contribution in [2.24, 2.45) is 0 Å². The van der Waals surface area contributed by atoms with Gasteiger partial charge in [0.25, 0.3) is 0 Å². The summed E-state index contributed by atoms with van der Waals surface area (Å²) in [6, 6.07) is 2.02. The Morgan fingerprint density at radius 2 is 2.10 bits per heavy atom. The normalized spacial score (nSPS) is 11.2. The van der Waals surface area contributed by atoms with Crippen molar-refractivity contribution in [1.29, 1.82) is 0 Å². The summed E-state index contributed by atoms with van der Waals surface area (Å²) in [5.74, 6) is 0.979. The SMILES string of the molecule is Cc1cc(NCCCn2cncn2)n2nc(C)c(C)c2n1. The van der Waals surface area contributed by atoms with Gasteiger partial charge in [-0.1, -0.05) is 0 Å². The number of nitrogens with zero attached hydrogens (tertiary/aromatic N) is 6. The first-order valence-corrected chi connectivity index (χ1v) is 7.05. The maximum atomic E-state index is 4.56. The maximum absolute atomic E-state index is 4.56. The summed E-state index contributed by atoms with van der Waals surface area (Å²) < 4.78 is 3.71. The molecule has 3 rings (SSSR count). The van der Waals surface area contributed by atoms with Crippen LogP contribution in [0.25, 0.3) is 5.65 Å². The van der Waals surface area contributed by atoms with Crippen LogP contribution < -0.4 is 5.32 Å². The van der Waals surface area contributed by atoms with Crippen LogP contribution in [-0.4, -0.2) is 35.9 Å². The number of nitrogens with one attached hydrogen (secondary N) is 1. The van der Waals surface area contributed by atoms with Gasteiger partial charge in [-0.2, -0.15) is 14.7 Å². The molecule has 7 nitrogen and oxygen atoms in total. The highest BCUT2D eigenvalue weighted by molar-refractivity contribution is 5.55. The van der Waals surface area contributed by atoms with Gasteiger partial charge in [0.15, 0.2) is 5.65 Å². The molecule has 0 unspecified atom stereocenters. The number of rotatable bonds is 5. The van der Waals surface area contributed by atoms with Gasteiger partial charge in [-0.15, -0.1) is 0 Å². The summed E-state index contributed by atoms with van der Waals surface area (Å²) in [5.41, 5.74) is 4.05. The number of hydrogen-bond acceptors (Lipinski definition) is 5. The van der Waals surface area contributed by atoms with Crippen molar-refractivity contribution in [3.63, 3.8) is 0 Å². The number of anilines is 1. The lowest BCUT2D eigenvalue weighted by molar-refractivity contribution is 0.589. The number of fused-ring (bicyclic) bond motifs is 1. The fourth-order valence-corrected chi connectivity index (χ4v) is 2.28. The van der Waals surface area contributed by atoms with E-state index in [1.807, 2.05) is 29.1 Å². The molecule has 0 saturated heterocycles. The predicted molar refractivity (Wildman–Crippen MR) is 80.3 cm³/mol. The zero-order valence-corrected chi connectivity index (χ0v) is 12.5. The molecule has 110 valence electrons. The van der Waals surface area contributed by atoms with Crippen molar-refractivity contribution in [2.45, 2.75) is 33.7 Å². The largest absolute Gasteiger partial charge is 0.370 e. The van der Waals surface area contributed by atoms with Crippen molar-refractivity contribution >= 4 is 11.5 Å². The van der Waals surface area contributed by atoms with E-state index in [1.165, 1.54) is 0 Å². The molecule has 0 fully saturated rings. The summed E-state index contributed by atoms with van der Waals surface area (Å²) in [7, 11) is 0. The van der Waals surface area contributed by atoms with Crippen LogP contribution in [0.4, 0.5) is 5.82 Å². The van der Waals surface area contributed by atoms with Gasteiger partial charge < -0.3 is 5.32 Å². The lowest BCUT2D eigenvalue weighted by Crippen LogP contribution is -2.11. The van der Waals surface area contributed by atoms with Gasteiger partial charge in [-0.05, 0) is 27.2 Å². The van der Waals surface area contributed by atoms with Gasteiger partial charge in [-0.25, -0.2) is 9.97 Å².